The van der Waals surface area contributed by atoms with Crippen molar-refractivity contribution in [3.63, 3.8) is 0 Å². The van der Waals surface area contributed by atoms with E-state index in [2.05, 4.69) is 25.1 Å². The molecule has 1 saturated carbocycles. The molecule has 0 N–H and O–H groups in total. The lowest BCUT2D eigenvalue weighted by molar-refractivity contribution is 0.0878. The Morgan fingerprint density at radius 1 is 1.17 bits per heavy atom. The van der Waals surface area contributed by atoms with Crippen LogP contribution in [0.5, 0.6) is 5.88 Å². The van der Waals surface area contributed by atoms with E-state index in [1.54, 1.807) is 12.4 Å². The van der Waals surface area contributed by atoms with Crippen LogP contribution in [-0.4, -0.2) is 44.3 Å². The second kappa shape index (κ2) is 6.23. The van der Waals surface area contributed by atoms with Gasteiger partial charge in [0, 0.05) is 25.2 Å². The number of rotatable bonds is 5. The van der Waals surface area contributed by atoms with E-state index in [1.807, 2.05) is 6.92 Å². The highest BCUT2D eigenvalue weighted by molar-refractivity contribution is 5.07. The van der Waals surface area contributed by atoms with Crippen LogP contribution in [0.4, 0.5) is 0 Å². The van der Waals surface area contributed by atoms with Gasteiger partial charge in [0.25, 0.3) is 0 Å². The van der Waals surface area contributed by atoms with E-state index in [0.717, 1.165) is 50.0 Å². The Hall–Kier alpha value is -2.02. The first kappa shape index (κ1) is 14.6. The number of likely N-dealkylation sites (tertiary alicyclic amines) is 1. The van der Waals surface area contributed by atoms with E-state index < -0.39 is 0 Å². The summed E-state index contributed by atoms with van der Waals surface area (Å²) in [5, 5.41) is 8.30. The maximum atomic E-state index is 5.93. The lowest BCUT2D eigenvalue weighted by Gasteiger charge is -2.30. The Bertz CT molecular complexity index is 662. The molecule has 122 valence electrons. The monoisotopic (exact) mass is 315 g/mol. The molecule has 0 spiro atoms. The highest BCUT2D eigenvalue weighted by Crippen LogP contribution is 2.39. The molecule has 3 heterocycles. The van der Waals surface area contributed by atoms with Crippen LogP contribution < -0.4 is 4.74 Å². The number of aryl methyl sites for hydroxylation is 1. The van der Waals surface area contributed by atoms with Crippen molar-refractivity contribution in [1.29, 1.82) is 0 Å². The summed E-state index contributed by atoms with van der Waals surface area (Å²) in [6, 6.07) is 0. The van der Waals surface area contributed by atoms with Gasteiger partial charge in [0.1, 0.15) is 6.10 Å². The Labute approximate surface area is 135 Å². The molecule has 1 aliphatic heterocycles. The summed E-state index contributed by atoms with van der Waals surface area (Å²) in [5.41, 5.74) is 0.878. The predicted molar refractivity (Wildman–Crippen MR) is 82.0 cm³/mol. The minimum Gasteiger partial charge on any atom is -0.473 e. The largest absolute Gasteiger partial charge is 0.473 e. The van der Waals surface area contributed by atoms with Gasteiger partial charge in [-0.05, 0) is 32.6 Å². The molecule has 7 heteroatoms. The summed E-state index contributed by atoms with van der Waals surface area (Å²) >= 11 is 0. The molecule has 2 aliphatic rings. The lowest BCUT2D eigenvalue weighted by atomic mass is 10.1. The second-order valence-corrected chi connectivity index (χ2v) is 6.40. The molecule has 1 aliphatic carbocycles. The van der Waals surface area contributed by atoms with Crippen molar-refractivity contribution in [1.82, 2.24) is 25.1 Å². The highest BCUT2D eigenvalue weighted by Gasteiger charge is 2.30. The zero-order chi connectivity index (χ0) is 15.6. The Balaban J connectivity index is 1.26. The molecule has 0 aromatic carbocycles. The van der Waals surface area contributed by atoms with Crippen LogP contribution in [0.1, 0.15) is 49.1 Å². The molecular weight excluding hydrogens is 294 g/mol. The fraction of sp³-hybridized carbons (Fsp3) is 0.625. The van der Waals surface area contributed by atoms with Gasteiger partial charge in [0.05, 0.1) is 18.4 Å². The van der Waals surface area contributed by atoms with E-state index in [4.69, 9.17) is 9.15 Å². The number of ether oxygens (including phenoxy) is 1. The van der Waals surface area contributed by atoms with Crippen LogP contribution in [0, 0.1) is 6.92 Å². The number of hydrogen-bond acceptors (Lipinski definition) is 7. The van der Waals surface area contributed by atoms with Crippen LogP contribution in [0.15, 0.2) is 16.8 Å². The number of nitrogens with zero attached hydrogens (tertiary/aromatic N) is 5. The molecule has 2 aromatic rings. The van der Waals surface area contributed by atoms with Gasteiger partial charge in [-0.2, -0.15) is 0 Å². The fourth-order valence-corrected chi connectivity index (χ4v) is 2.87. The van der Waals surface area contributed by atoms with Crippen molar-refractivity contribution in [3.05, 3.63) is 29.9 Å². The molecule has 0 unspecified atom stereocenters. The van der Waals surface area contributed by atoms with Crippen LogP contribution in [0.25, 0.3) is 0 Å². The summed E-state index contributed by atoms with van der Waals surface area (Å²) in [6.45, 7) is 4.58. The molecule has 1 saturated heterocycles. The lowest BCUT2D eigenvalue weighted by Crippen LogP contribution is -2.38. The third kappa shape index (κ3) is 3.67. The SMILES string of the molecule is Cc1cncc(OC2CCN(Cc3nnc(C4CC4)o3)CC2)n1. The average molecular weight is 315 g/mol. The van der Waals surface area contributed by atoms with Gasteiger partial charge in [0.2, 0.25) is 17.7 Å². The molecule has 0 radical (unpaired) electrons. The van der Waals surface area contributed by atoms with Crippen LogP contribution in [-0.2, 0) is 6.54 Å². The van der Waals surface area contributed by atoms with Gasteiger partial charge >= 0.3 is 0 Å². The van der Waals surface area contributed by atoms with E-state index in [-0.39, 0.29) is 6.10 Å². The Kier molecular flexibility index (Phi) is 3.95. The quantitative estimate of drug-likeness (QED) is 0.836. The van der Waals surface area contributed by atoms with Gasteiger partial charge in [-0.3, -0.25) is 9.88 Å². The van der Waals surface area contributed by atoms with Crippen molar-refractivity contribution >= 4 is 0 Å². The Morgan fingerprint density at radius 3 is 2.74 bits per heavy atom. The Morgan fingerprint density at radius 2 is 2.00 bits per heavy atom. The zero-order valence-corrected chi connectivity index (χ0v) is 13.3. The molecule has 2 fully saturated rings. The van der Waals surface area contributed by atoms with Gasteiger partial charge in [-0.1, -0.05) is 0 Å². The fourth-order valence-electron chi connectivity index (χ4n) is 2.87. The molecule has 0 atom stereocenters. The summed E-state index contributed by atoms with van der Waals surface area (Å²) in [5.74, 6) is 2.69. The highest BCUT2D eigenvalue weighted by atomic mass is 16.5. The number of hydrogen-bond donors (Lipinski definition) is 0. The number of aromatic nitrogens is 4. The van der Waals surface area contributed by atoms with Crippen LogP contribution in [0.2, 0.25) is 0 Å². The molecular formula is C16H21N5O2. The van der Waals surface area contributed by atoms with E-state index >= 15 is 0 Å². The number of piperidine rings is 1. The first-order valence-corrected chi connectivity index (χ1v) is 8.26. The summed E-state index contributed by atoms with van der Waals surface area (Å²) in [4.78, 5) is 10.8. The third-order valence-electron chi connectivity index (χ3n) is 4.32. The normalized spacial score (nSPS) is 19.9. The predicted octanol–water partition coefficient (Wildman–Crippen LogP) is 2.09. The first-order chi connectivity index (χ1) is 11.3. The molecule has 7 nitrogen and oxygen atoms in total. The smallest absolute Gasteiger partial charge is 0.232 e. The first-order valence-electron chi connectivity index (χ1n) is 8.26. The van der Waals surface area contributed by atoms with Crippen molar-refractivity contribution in [2.24, 2.45) is 0 Å². The minimum atomic E-state index is 0.201. The standard InChI is InChI=1S/C16H21N5O2/c1-11-8-17-9-14(18-11)22-13-4-6-21(7-5-13)10-15-19-20-16(23-15)12-2-3-12/h8-9,12-13H,2-7,10H2,1H3. The van der Waals surface area contributed by atoms with Crippen molar-refractivity contribution < 1.29 is 9.15 Å². The average Bonchev–Trinajstić information content (AvgIpc) is 3.30. The summed E-state index contributed by atoms with van der Waals surface area (Å²) < 4.78 is 11.7. The second-order valence-electron chi connectivity index (χ2n) is 6.40. The van der Waals surface area contributed by atoms with E-state index in [9.17, 15) is 0 Å². The van der Waals surface area contributed by atoms with E-state index in [0.29, 0.717) is 11.8 Å². The zero-order valence-electron chi connectivity index (χ0n) is 13.3. The minimum absolute atomic E-state index is 0.201. The summed E-state index contributed by atoms with van der Waals surface area (Å²) in [6.07, 6.45) is 7.93. The van der Waals surface area contributed by atoms with Crippen molar-refractivity contribution in [2.45, 2.75) is 51.2 Å². The third-order valence-corrected chi connectivity index (χ3v) is 4.32. The van der Waals surface area contributed by atoms with Crippen molar-refractivity contribution in [3.8, 4) is 5.88 Å². The van der Waals surface area contributed by atoms with Crippen molar-refractivity contribution in [2.75, 3.05) is 13.1 Å². The van der Waals surface area contributed by atoms with Gasteiger partial charge in [0.15, 0.2) is 0 Å². The summed E-state index contributed by atoms with van der Waals surface area (Å²) in [7, 11) is 0. The van der Waals surface area contributed by atoms with Gasteiger partial charge in [-0.15, -0.1) is 10.2 Å². The maximum absolute atomic E-state index is 5.93. The van der Waals surface area contributed by atoms with Crippen LogP contribution >= 0.6 is 0 Å². The molecule has 0 amide bonds. The molecule has 4 rings (SSSR count). The van der Waals surface area contributed by atoms with Crippen LogP contribution in [0.3, 0.4) is 0 Å². The molecule has 2 aromatic heterocycles. The molecule has 23 heavy (non-hydrogen) atoms. The molecule has 0 bridgehead atoms. The topological polar surface area (TPSA) is 77.2 Å². The van der Waals surface area contributed by atoms with Gasteiger partial charge in [-0.25, -0.2) is 4.98 Å². The van der Waals surface area contributed by atoms with E-state index in [1.165, 1.54) is 12.8 Å². The van der Waals surface area contributed by atoms with Gasteiger partial charge < -0.3 is 9.15 Å². The maximum Gasteiger partial charge on any atom is 0.232 e.